The molecule has 0 aliphatic carbocycles. The Balaban J connectivity index is 2.29. The molecule has 11 heteroatoms. The van der Waals surface area contributed by atoms with E-state index in [-0.39, 0.29) is 12.4 Å². The normalized spacial score (nSPS) is 17.9. The summed E-state index contributed by atoms with van der Waals surface area (Å²) in [5.41, 5.74) is 3.25. The van der Waals surface area contributed by atoms with Gasteiger partial charge in [0.1, 0.15) is 24.1 Å². The smallest absolute Gasteiger partial charge is 0.492 e. The zero-order valence-electron chi connectivity index (χ0n) is 9.53. The maximum atomic E-state index is 12.2. The highest BCUT2D eigenvalue weighted by Crippen LogP contribution is 2.38. The van der Waals surface area contributed by atoms with Crippen molar-refractivity contribution in [3.05, 3.63) is 34.2 Å². The van der Waals surface area contributed by atoms with Gasteiger partial charge in [-0.15, -0.1) is 0 Å². The van der Waals surface area contributed by atoms with E-state index in [1.807, 2.05) is 0 Å². The molecule has 0 fully saturated rings. The predicted octanol–water partition coefficient (Wildman–Crippen LogP) is 2.66. The number of benzene rings is 1. The van der Waals surface area contributed by atoms with Crippen LogP contribution < -0.4 is 8.92 Å². The second kappa shape index (κ2) is 4.76. The third-order valence-electron chi connectivity index (χ3n) is 2.42. The molecular weight excluding hydrogens is 303 g/mol. The number of hydrogen-bond donors (Lipinski definition) is 0. The Kier molecular flexibility index (Phi) is 3.40. The summed E-state index contributed by atoms with van der Waals surface area (Å²) in [6.07, 6.45) is 0. The molecule has 20 heavy (non-hydrogen) atoms. The minimum Gasteiger partial charge on any atom is -0.492 e. The van der Waals surface area contributed by atoms with Gasteiger partial charge in [-0.1, -0.05) is 11.2 Å². The monoisotopic (exact) mass is 309 g/mol. The van der Waals surface area contributed by atoms with Crippen LogP contribution in [0.2, 0.25) is 0 Å². The van der Waals surface area contributed by atoms with Crippen LogP contribution in [0.4, 0.5) is 13.2 Å². The van der Waals surface area contributed by atoms with Crippen LogP contribution in [0.25, 0.3) is 10.4 Å². The van der Waals surface area contributed by atoms with Crippen molar-refractivity contribution in [2.24, 2.45) is 5.11 Å². The summed E-state index contributed by atoms with van der Waals surface area (Å²) in [4.78, 5) is 2.60. The summed E-state index contributed by atoms with van der Waals surface area (Å²) >= 11 is 0. The highest BCUT2D eigenvalue weighted by atomic mass is 32.2. The van der Waals surface area contributed by atoms with Crippen molar-refractivity contribution in [2.75, 3.05) is 6.61 Å². The summed E-state index contributed by atoms with van der Waals surface area (Å²) in [5.74, 6) is -0.431. The van der Waals surface area contributed by atoms with Crippen molar-refractivity contribution in [2.45, 2.75) is 11.6 Å². The molecule has 1 aromatic carbocycles. The number of ether oxygens (including phenoxy) is 1. The molecule has 0 spiro atoms. The van der Waals surface area contributed by atoms with Crippen LogP contribution in [0.5, 0.6) is 11.5 Å². The van der Waals surface area contributed by atoms with Crippen LogP contribution in [-0.2, 0) is 10.1 Å². The highest BCUT2D eigenvalue weighted by Gasteiger charge is 2.48. The van der Waals surface area contributed by atoms with Crippen LogP contribution in [0, 0.1) is 0 Å². The van der Waals surface area contributed by atoms with Crippen molar-refractivity contribution in [1.29, 1.82) is 0 Å². The zero-order chi connectivity index (χ0) is 15.0. The third-order valence-corrected chi connectivity index (χ3v) is 3.40. The molecule has 0 amide bonds. The number of halogens is 3. The van der Waals surface area contributed by atoms with Gasteiger partial charge in [0.2, 0.25) is 0 Å². The van der Waals surface area contributed by atoms with Crippen molar-refractivity contribution in [3.63, 3.8) is 0 Å². The molecule has 0 aromatic heterocycles. The third kappa shape index (κ3) is 2.58. The molecule has 0 radical (unpaired) electrons. The summed E-state index contributed by atoms with van der Waals surface area (Å²) in [6, 6.07) is 2.69. The Bertz CT molecular complexity index is 682. The van der Waals surface area contributed by atoms with E-state index in [0.717, 1.165) is 12.1 Å². The predicted molar refractivity (Wildman–Crippen MR) is 59.4 cm³/mol. The van der Waals surface area contributed by atoms with Crippen LogP contribution >= 0.6 is 0 Å². The fraction of sp³-hybridized carbons (Fsp3) is 0.333. The van der Waals surface area contributed by atoms with Crippen molar-refractivity contribution in [3.8, 4) is 11.5 Å². The van der Waals surface area contributed by atoms with Gasteiger partial charge in [-0.25, -0.2) is 0 Å². The van der Waals surface area contributed by atoms with E-state index in [4.69, 9.17) is 10.3 Å². The summed E-state index contributed by atoms with van der Waals surface area (Å²) in [5, 5.41) is 3.42. The maximum Gasteiger partial charge on any atom is 0.534 e. The molecule has 0 unspecified atom stereocenters. The Morgan fingerprint density at radius 2 is 2.15 bits per heavy atom. The molecule has 7 nitrogen and oxygen atoms in total. The first kappa shape index (κ1) is 14.3. The zero-order valence-corrected chi connectivity index (χ0v) is 10.3. The number of hydrogen-bond acceptors (Lipinski definition) is 5. The van der Waals surface area contributed by atoms with E-state index in [1.54, 1.807) is 0 Å². The van der Waals surface area contributed by atoms with Crippen LogP contribution in [0.1, 0.15) is 11.6 Å². The van der Waals surface area contributed by atoms with Crippen LogP contribution in [0.3, 0.4) is 0 Å². The van der Waals surface area contributed by atoms with Crippen molar-refractivity contribution in [1.82, 2.24) is 0 Å². The fourth-order valence-corrected chi connectivity index (χ4v) is 2.01. The molecule has 1 aliphatic rings. The molecular formula is C9H6F3N3O4S. The summed E-state index contributed by atoms with van der Waals surface area (Å²) in [7, 11) is -5.73. The van der Waals surface area contributed by atoms with Gasteiger partial charge in [-0.05, 0) is 11.6 Å². The lowest BCUT2D eigenvalue weighted by Gasteiger charge is -2.10. The SMILES string of the molecule is [N-]=[N+]=N[C@@H]1COc2cc(OS(=O)(=O)C(F)(F)F)ccc21. The first-order chi connectivity index (χ1) is 9.24. The van der Waals surface area contributed by atoms with Crippen molar-refractivity contribution >= 4 is 10.1 Å². The average Bonchev–Trinajstić information content (AvgIpc) is 2.70. The van der Waals surface area contributed by atoms with Gasteiger partial charge < -0.3 is 8.92 Å². The standard InChI is InChI=1S/C9H6F3N3O4S/c10-9(11,12)20(16,17)19-5-1-2-6-7(14-15-13)4-18-8(6)3-5/h1-3,7H,4H2/t7-/m1/s1. The lowest BCUT2D eigenvalue weighted by Crippen LogP contribution is -2.28. The van der Waals surface area contributed by atoms with Gasteiger partial charge in [0.15, 0.2) is 0 Å². The second-order valence-electron chi connectivity index (χ2n) is 3.71. The van der Waals surface area contributed by atoms with E-state index in [1.165, 1.54) is 6.07 Å². The van der Waals surface area contributed by atoms with Gasteiger partial charge in [0.25, 0.3) is 0 Å². The van der Waals surface area contributed by atoms with Gasteiger partial charge in [-0.2, -0.15) is 21.6 Å². The van der Waals surface area contributed by atoms with E-state index < -0.39 is 27.4 Å². The van der Waals surface area contributed by atoms with Crippen LogP contribution in [-0.4, -0.2) is 20.5 Å². The van der Waals surface area contributed by atoms with Gasteiger partial charge in [-0.3, -0.25) is 0 Å². The first-order valence-electron chi connectivity index (χ1n) is 5.06. The van der Waals surface area contributed by atoms with E-state index >= 15 is 0 Å². The molecule has 1 heterocycles. The van der Waals surface area contributed by atoms with E-state index in [0.29, 0.717) is 5.56 Å². The topological polar surface area (TPSA) is 101 Å². The maximum absolute atomic E-state index is 12.2. The minimum atomic E-state index is -5.73. The molecule has 1 aliphatic heterocycles. The van der Waals surface area contributed by atoms with Gasteiger partial charge in [0.05, 0.1) is 0 Å². The lowest BCUT2D eigenvalue weighted by molar-refractivity contribution is -0.0500. The molecule has 0 saturated carbocycles. The Morgan fingerprint density at radius 1 is 1.45 bits per heavy atom. The summed E-state index contributed by atoms with van der Waals surface area (Å²) < 4.78 is 67.2. The molecule has 2 rings (SSSR count). The molecule has 1 aromatic rings. The number of nitrogens with zero attached hydrogens (tertiary/aromatic N) is 3. The minimum absolute atomic E-state index is 0.0227. The highest BCUT2D eigenvalue weighted by molar-refractivity contribution is 7.88. The number of azide groups is 1. The molecule has 108 valence electrons. The molecule has 0 saturated heterocycles. The molecule has 0 bridgehead atoms. The molecule has 1 atom stereocenters. The van der Waals surface area contributed by atoms with Crippen molar-refractivity contribution < 1.29 is 30.5 Å². The van der Waals surface area contributed by atoms with Gasteiger partial charge >= 0.3 is 15.6 Å². The Labute approximate surface area is 110 Å². The number of fused-ring (bicyclic) bond motifs is 1. The number of rotatable bonds is 3. The van der Waals surface area contributed by atoms with Gasteiger partial charge in [0, 0.05) is 16.5 Å². The second-order valence-corrected chi connectivity index (χ2v) is 5.25. The van der Waals surface area contributed by atoms with E-state index in [2.05, 4.69) is 14.2 Å². The van der Waals surface area contributed by atoms with Crippen LogP contribution in [0.15, 0.2) is 23.3 Å². The Morgan fingerprint density at radius 3 is 2.75 bits per heavy atom. The quantitative estimate of drug-likeness (QED) is 0.281. The van der Waals surface area contributed by atoms with E-state index in [9.17, 15) is 21.6 Å². The Hall–Kier alpha value is -2.13. The first-order valence-corrected chi connectivity index (χ1v) is 6.47. The number of alkyl halides is 3. The summed E-state index contributed by atoms with van der Waals surface area (Å²) in [6.45, 7) is 0.0227. The lowest BCUT2D eigenvalue weighted by atomic mass is 10.1. The average molecular weight is 309 g/mol. The largest absolute Gasteiger partial charge is 0.534 e. The fourth-order valence-electron chi connectivity index (χ4n) is 1.56. The molecule has 0 N–H and O–H groups in total.